The van der Waals surface area contributed by atoms with Crippen LogP contribution in [0.4, 0.5) is 4.79 Å². The van der Waals surface area contributed by atoms with Crippen molar-refractivity contribution in [2.45, 2.75) is 0 Å². The first kappa shape index (κ1) is 24.4. The summed E-state index contributed by atoms with van der Waals surface area (Å²) in [6.45, 7) is 0. The Morgan fingerprint density at radius 3 is 1.43 bits per heavy atom. The van der Waals surface area contributed by atoms with Gasteiger partial charge in [-0.3, -0.25) is 0 Å². The quantitative estimate of drug-likeness (QED) is 0.461. The second-order valence-electron chi connectivity index (χ2n) is 0.283. The predicted octanol–water partition coefficient (Wildman–Crippen LogP) is -1.12. The molecule has 0 aliphatic rings. The smallest absolute Gasteiger partial charge is 1.00 e. The second kappa shape index (κ2) is 15.7. The number of carboxylic acid groups (broad SMARTS) is 2. The molecule has 0 fully saturated rings. The third-order valence-corrected chi connectivity index (χ3v) is 0. The van der Waals surface area contributed by atoms with Crippen molar-refractivity contribution in [3.8, 4) is 0 Å². The van der Waals surface area contributed by atoms with Gasteiger partial charge in [-0.2, -0.15) is 0 Å². The van der Waals surface area contributed by atoms with Crippen molar-refractivity contribution >= 4 is 46.6 Å². The van der Waals surface area contributed by atoms with Crippen LogP contribution < -0.4 is 0 Å². The molecule has 0 aliphatic carbocycles. The molecule has 0 aromatic rings. The molecule has 0 spiro atoms. The van der Waals surface area contributed by atoms with Crippen LogP contribution in [-0.2, 0) is 16.5 Å². The van der Waals surface area contributed by atoms with Crippen molar-refractivity contribution in [1.82, 2.24) is 0 Å². The maximum atomic E-state index is 8.56. The molecule has 7 heavy (non-hydrogen) atoms. The Labute approximate surface area is 80.6 Å². The first-order valence-electron chi connectivity index (χ1n) is 0.651. The maximum Gasteiger partial charge on any atom is 2.00 e. The van der Waals surface area contributed by atoms with Gasteiger partial charge in [-0.05, 0) is 0 Å². The van der Waals surface area contributed by atoms with Crippen LogP contribution in [0.5, 0.6) is 0 Å². The molecule has 0 aromatic carbocycles. The standard InChI is InChI=1S/CH2O3.Al.Mg.Ni.5H/c2-1(3)4;;;;;;;;/h(H2,2,3,4);;;;;;;;/q;;+2;;;;;2*-1. The molecule has 0 aromatic heterocycles. The number of carbonyl (C=O) groups is 1. The average molecular weight is 177 g/mol. The molecular formula is CH7AlMgNiO3. The van der Waals surface area contributed by atoms with E-state index in [9.17, 15) is 0 Å². The van der Waals surface area contributed by atoms with E-state index >= 15 is 0 Å². The zero-order valence-corrected chi connectivity index (χ0v) is 5.23. The Bertz CT molecular complexity index is 44.8. The van der Waals surface area contributed by atoms with Crippen molar-refractivity contribution in [3.05, 3.63) is 0 Å². The molecular weight excluding hydrogens is 170 g/mol. The number of rotatable bonds is 0. The molecule has 0 saturated carbocycles. The van der Waals surface area contributed by atoms with Gasteiger partial charge < -0.3 is 13.1 Å². The zero-order chi connectivity index (χ0) is 3.58. The van der Waals surface area contributed by atoms with Gasteiger partial charge in [0.2, 0.25) is 0 Å². The summed E-state index contributed by atoms with van der Waals surface area (Å²) in [4.78, 5) is 8.56. The summed E-state index contributed by atoms with van der Waals surface area (Å²) >= 11 is 0. The first-order valence-corrected chi connectivity index (χ1v) is 0.651. The topological polar surface area (TPSA) is 57.5 Å². The van der Waals surface area contributed by atoms with Crippen LogP contribution in [0.3, 0.4) is 0 Å². The van der Waals surface area contributed by atoms with Crippen LogP contribution in [0.15, 0.2) is 0 Å². The molecule has 3 nitrogen and oxygen atoms in total. The third-order valence-electron chi connectivity index (χ3n) is 0. The molecule has 2 N–H and O–H groups in total. The van der Waals surface area contributed by atoms with Crippen molar-refractivity contribution in [3.63, 3.8) is 0 Å². The van der Waals surface area contributed by atoms with Crippen LogP contribution in [-0.4, -0.2) is 56.8 Å². The molecule has 0 heterocycles. The average Bonchev–Trinajstić information content (AvgIpc) is 0.811. The number of hydrogen-bond donors (Lipinski definition) is 2. The minimum Gasteiger partial charge on any atom is -1.00 e. The Morgan fingerprint density at radius 2 is 1.43 bits per heavy atom. The summed E-state index contributed by atoms with van der Waals surface area (Å²) in [6, 6.07) is 0. The molecule has 44 valence electrons. The molecule has 0 saturated heterocycles. The fraction of sp³-hybridized carbons (Fsp3) is 0. The molecule has 0 bridgehead atoms. The second-order valence-corrected chi connectivity index (χ2v) is 0.283. The van der Waals surface area contributed by atoms with Gasteiger partial charge in [0, 0.05) is 16.5 Å². The minimum absolute atomic E-state index is 0. The van der Waals surface area contributed by atoms with E-state index in [0.29, 0.717) is 0 Å². The van der Waals surface area contributed by atoms with E-state index in [2.05, 4.69) is 0 Å². The van der Waals surface area contributed by atoms with Gasteiger partial charge >= 0.3 is 29.2 Å². The van der Waals surface area contributed by atoms with E-state index in [1.54, 1.807) is 0 Å². The third kappa shape index (κ3) is 160. The van der Waals surface area contributed by atoms with E-state index in [1.165, 1.54) is 0 Å². The Kier molecular flexibility index (Phi) is 54.8. The van der Waals surface area contributed by atoms with Gasteiger partial charge in [-0.15, -0.1) is 0 Å². The normalized spacial score (nSPS) is 3.43. The summed E-state index contributed by atoms with van der Waals surface area (Å²) in [6.07, 6.45) is -1.83. The summed E-state index contributed by atoms with van der Waals surface area (Å²) < 4.78 is 0. The van der Waals surface area contributed by atoms with Gasteiger partial charge in [-0.1, -0.05) is 0 Å². The van der Waals surface area contributed by atoms with E-state index in [0.717, 1.165) is 0 Å². The monoisotopic (exact) mass is 176 g/mol. The zero-order valence-electron chi connectivity index (χ0n) is 4.83. The van der Waals surface area contributed by atoms with Crippen molar-refractivity contribution in [2.75, 3.05) is 0 Å². The van der Waals surface area contributed by atoms with Gasteiger partial charge in [0.05, 0.1) is 0 Å². The molecule has 0 atom stereocenters. The Morgan fingerprint density at radius 1 is 1.43 bits per heavy atom. The predicted molar refractivity (Wildman–Crippen MR) is 28.6 cm³/mol. The maximum absolute atomic E-state index is 8.56. The van der Waals surface area contributed by atoms with Crippen molar-refractivity contribution in [1.29, 1.82) is 0 Å². The number of hydrogen-bond acceptors (Lipinski definition) is 1. The first-order chi connectivity index (χ1) is 1.73. The molecule has 0 rings (SSSR count). The van der Waals surface area contributed by atoms with Gasteiger partial charge in [0.1, 0.15) is 0 Å². The van der Waals surface area contributed by atoms with Crippen LogP contribution in [0.2, 0.25) is 0 Å². The molecule has 0 unspecified atom stereocenters. The van der Waals surface area contributed by atoms with E-state index < -0.39 is 6.16 Å². The van der Waals surface area contributed by atoms with E-state index in [4.69, 9.17) is 15.0 Å². The minimum atomic E-state index is -1.83. The fourth-order valence-electron chi connectivity index (χ4n) is 0. The van der Waals surface area contributed by atoms with E-state index in [-0.39, 0.29) is 59.8 Å². The van der Waals surface area contributed by atoms with Crippen molar-refractivity contribution < 1.29 is 34.4 Å². The SMILES string of the molecule is O=C(O)O.[AlH3].[H-].[H-].[Mg+2].[Ni]. The molecule has 0 aliphatic heterocycles. The van der Waals surface area contributed by atoms with Crippen LogP contribution in [0, 0.1) is 0 Å². The van der Waals surface area contributed by atoms with Gasteiger partial charge in [0.25, 0.3) is 0 Å². The summed E-state index contributed by atoms with van der Waals surface area (Å²) in [7, 11) is 0. The van der Waals surface area contributed by atoms with Crippen molar-refractivity contribution in [2.24, 2.45) is 0 Å². The summed E-state index contributed by atoms with van der Waals surface area (Å²) in [5.41, 5.74) is 0. The molecule has 0 amide bonds. The Hall–Kier alpha value is 1.06. The molecule has 6 heteroatoms. The summed E-state index contributed by atoms with van der Waals surface area (Å²) in [5, 5.41) is 13.9. The fourth-order valence-corrected chi connectivity index (χ4v) is 0. The van der Waals surface area contributed by atoms with Crippen LogP contribution >= 0.6 is 0 Å². The van der Waals surface area contributed by atoms with Crippen LogP contribution in [0.25, 0.3) is 0 Å². The van der Waals surface area contributed by atoms with E-state index in [1.807, 2.05) is 0 Å². The van der Waals surface area contributed by atoms with Gasteiger partial charge in [-0.25, -0.2) is 4.79 Å². The molecule has 0 radical (unpaired) electrons. The van der Waals surface area contributed by atoms with Gasteiger partial charge in [0.15, 0.2) is 17.4 Å². The Balaban J connectivity index is -0.00000000450. The summed E-state index contributed by atoms with van der Waals surface area (Å²) in [5.74, 6) is 0. The van der Waals surface area contributed by atoms with Crippen LogP contribution in [0.1, 0.15) is 2.85 Å². The largest absolute Gasteiger partial charge is 2.00 e.